The molecule has 5 nitrogen and oxygen atoms in total. The van der Waals surface area contributed by atoms with Crippen molar-refractivity contribution in [1.82, 2.24) is 0 Å². The first-order valence-corrected chi connectivity index (χ1v) is 4.46. The minimum atomic E-state index is -0.867. The second kappa shape index (κ2) is 6.12. The first-order valence-electron chi connectivity index (χ1n) is 4.46. The van der Waals surface area contributed by atoms with Gasteiger partial charge in [0.1, 0.15) is 11.6 Å². The van der Waals surface area contributed by atoms with Crippen molar-refractivity contribution < 1.29 is 19.1 Å². The average molecular weight is 201 g/mol. The third-order valence-corrected chi connectivity index (χ3v) is 1.57. The lowest BCUT2D eigenvalue weighted by atomic mass is 10.1. The van der Waals surface area contributed by atoms with Gasteiger partial charge in [0, 0.05) is 0 Å². The maximum absolute atomic E-state index is 11.1. The molecular formula is C9H15NO4. The summed E-state index contributed by atoms with van der Waals surface area (Å²) in [7, 11) is 0. The van der Waals surface area contributed by atoms with Crippen LogP contribution in [0.5, 0.6) is 0 Å². The normalized spacial score (nSPS) is 11.6. The van der Waals surface area contributed by atoms with Crippen molar-refractivity contribution >= 4 is 17.7 Å². The summed E-state index contributed by atoms with van der Waals surface area (Å²) in [6, 6.07) is 0. The summed E-state index contributed by atoms with van der Waals surface area (Å²) < 4.78 is 9.25. The lowest BCUT2D eigenvalue weighted by Gasteiger charge is -2.10. The molecule has 1 unspecified atom stereocenters. The van der Waals surface area contributed by atoms with E-state index < -0.39 is 17.9 Å². The zero-order valence-corrected chi connectivity index (χ0v) is 8.62. The molecule has 0 aromatic heterocycles. The number of hydrogen-bond acceptors (Lipinski definition) is 5. The van der Waals surface area contributed by atoms with Gasteiger partial charge in [-0.15, -0.1) is 0 Å². The number of rotatable bonds is 5. The maximum Gasteiger partial charge on any atom is 0.352 e. The van der Waals surface area contributed by atoms with Gasteiger partial charge < -0.3 is 9.47 Å². The Bertz CT molecular complexity index is 237. The Morgan fingerprint density at radius 3 is 2.14 bits per heavy atom. The highest BCUT2D eigenvalue weighted by Crippen LogP contribution is 2.02. The number of hydrogen-bond donors (Lipinski definition) is 1. The van der Waals surface area contributed by atoms with E-state index in [1.165, 1.54) is 6.92 Å². The molecule has 0 radical (unpaired) electrons. The third kappa shape index (κ3) is 3.55. The molecule has 1 atom stereocenters. The fraction of sp³-hybridized carbons (Fsp3) is 0.667. The van der Waals surface area contributed by atoms with Gasteiger partial charge in [0.15, 0.2) is 0 Å². The van der Waals surface area contributed by atoms with E-state index in [0.29, 0.717) is 0 Å². The average Bonchev–Trinajstić information content (AvgIpc) is 2.16. The molecule has 0 aromatic rings. The summed E-state index contributed by atoms with van der Waals surface area (Å²) in [5, 5.41) is 7.34. The van der Waals surface area contributed by atoms with E-state index in [1.54, 1.807) is 13.8 Å². The van der Waals surface area contributed by atoms with E-state index in [4.69, 9.17) is 5.41 Å². The van der Waals surface area contributed by atoms with Crippen molar-refractivity contribution in [2.45, 2.75) is 20.8 Å². The molecule has 5 heteroatoms. The summed E-state index contributed by atoms with van der Waals surface area (Å²) in [6.45, 7) is 5.17. The molecule has 0 heterocycles. The molecule has 0 spiro atoms. The predicted octanol–water partition coefficient (Wildman–Crippen LogP) is 0.768. The number of ether oxygens (including phenoxy) is 2. The summed E-state index contributed by atoms with van der Waals surface area (Å²) in [4.78, 5) is 22.2. The van der Waals surface area contributed by atoms with Gasteiger partial charge in [0.2, 0.25) is 0 Å². The fourth-order valence-corrected chi connectivity index (χ4v) is 0.771. The largest absolute Gasteiger partial charge is 0.465 e. The Morgan fingerprint density at radius 1 is 1.21 bits per heavy atom. The van der Waals surface area contributed by atoms with Crippen LogP contribution >= 0.6 is 0 Å². The van der Waals surface area contributed by atoms with Crippen LogP contribution in [0.3, 0.4) is 0 Å². The SMILES string of the molecule is CCOC(=O)C(=N)C(C)C(=O)OCC. The summed E-state index contributed by atoms with van der Waals surface area (Å²) in [5.41, 5.74) is -0.370. The van der Waals surface area contributed by atoms with Gasteiger partial charge in [0.05, 0.1) is 13.2 Å². The van der Waals surface area contributed by atoms with Crippen molar-refractivity contribution in [2.24, 2.45) is 5.92 Å². The Hall–Kier alpha value is -1.39. The number of nitrogens with one attached hydrogen (secondary N) is 1. The van der Waals surface area contributed by atoms with Crippen molar-refractivity contribution in [2.75, 3.05) is 13.2 Å². The minimum Gasteiger partial charge on any atom is -0.465 e. The quantitative estimate of drug-likeness (QED) is 0.526. The Morgan fingerprint density at radius 2 is 1.71 bits per heavy atom. The smallest absolute Gasteiger partial charge is 0.352 e. The van der Waals surface area contributed by atoms with Gasteiger partial charge in [0.25, 0.3) is 0 Å². The van der Waals surface area contributed by atoms with Crippen molar-refractivity contribution in [3.8, 4) is 0 Å². The summed E-state index contributed by atoms with van der Waals surface area (Å²) >= 11 is 0. The van der Waals surface area contributed by atoms with E-state index in [1.807, 2.05) is 0 Å². The van der Waals surface area contributed by atoms with E-state index in [-0.39, 0.29) is 18.9 Å². The molecule has 0 aliphatic heterocycles. The van der Waals surface area contributed by atoms with Crippen LogP contribution in [0.1, 0.15) is 20.8 Å². The molecule has 0 aliphatic carbocycles. The van der Waals surface area contributed by atoms with Crippen molar-refractivity contribution in [3.63, 3.8) is 0 Å². The van der Waals surface area contributed by atoms with Crippen LogP contribution in [0.2, 0.25) is 0 Å². The number of carbonyl (C=O) groups excluding carboxylic acids is 2. The van der Waals surface area contributed by atoms with Crippen LogP contribution in [0.4, 0.5) is 0 Å². The molecule has 0 rings (SSSR count). The van der Waals surface area contributed by atoms with Gasteiger partial charge in [-0.2, -0.15) is 0 Å². The molecule has 0 aromatic carbocycles. The maximum atomic E-state index is 11.1. The lowest BCUT2D eigenvalue weighted by molar-refractivity contribution is -0.146. The molecule has 0 amide bonds. The van der Waals surface area contributed by atoms with E-state index >= 15 is 0 Å². The topological polar surface area (TPSA) is 76.5 Å². The molecule has 1 N–H and O–H groups in total. The number of carbonyl (C=O) groups is 2. The van der Waals surface area contributed by atoms with Crippen LogP contribution < -0.4 is 0 Å². The van der Waals surface area contributed by atoms with E-state index in [2.05, 4.69) is 9.47 Å². The Balaban J connectivity index is 4.24. The highest BCUT2D eigenvalue weighted by Gasteiger charge is 2.25. The second-order valence-corrected chi connectivity index (χ2v) is 2.61. The van der Waals surface area contributed by atoms with Crippen LogP contribution in [0.15, 0.2) is 0 Å². The summed E-state index contributed by atoms with van der Waals surface area (Å²) in [6.07, 6.45) is 0. The number of esters is 2. The monoisotopic (exact) mass is 201 g/mol. The van der Waals surface area contributed by atoms with Gasteiger partial charge >= 0.3 is 11.9 Å². The Kier molecular flexibility index (Phi) is 5.52. The molecule has 0 saturated heterocycles. The van der Waals surface area contributed by atoms with Gasteiger partial charge in [-0.3, -0.25) is 10.2 Å². The molecule has 0 bridgehead atoms. The minimum absolute atomic E-state index is 0.191. The summed E-state index contributed by atoms with van der Waals surface area (Å²) in [5.74, 6) is -2.22. The van der Waals surface area contributed by atoms with E-state index in [9.17, 15) is 9.59 Å². The predicted molar refractivity (Wildman–Crippen MR) is 50.2 cm³/mol. The highest BCUT2D eigenvalue weighted by atomic mass is 16.5. The molecular weight excluding hydrogens is 186 g/mol. The van der Waals surface area contributed by atoms with Crippen LogP contribution in [0.25, 0.3) is 0 Å². The fourth-order valence-electron chi connectivity index (χ4n) is 0.771. The molecule has 0 aliphatic rings. The van der Waals surface area contributed by atoms with Gasteiger partial charge in [-0.1, -0.05) is 0 Å². The molecule has 80 valence electrons. The molecule has 14 heavy (non-hydrogen) atoms. The van der Waals surface area contributed by atoms with Crippen molar-refractivity contribution in [3.05, 3.63) is 0 Å². The Labute approximate surface area is 82.9 Å². The second-order valence-electron chi connectivity index (χ2n) is 2.61. The van der Waals surface area contributed by atoms with E-state index in [0.717, 1.165) is 0 Å². The van der Waals surface area contributed by atoms with Crippen molar-refractivity contribution in [1.29, 1.82) is 5.41 Å². The zero-order valence-electron chi connectivity index (χ0n) is 8.62. The standard InChI is InChI=1S/C9H15NO4/c1-4-13-8(11)6(3)7(10)9(12)14-5-2/h6,10H,4-5H2,1-3H3. The third-order valence-electron chi connectivity index (χ3n) is 1.57. The van der Waals surface area contributed by atoms with Gasteiger partial charge in [-0.05, 0) is 20.8 Å². The first-order chi connectivity index (χ1) is 6.54. The molecule has 0 fully saturated rings. The highest BCUT2D eigenvalue weighted by molar-refractivity contribution is 6.39. The zero-order chi connectivity index (χ0) is 11.1. The van der Waals surface area contributed by atoms with Crippen LogP contribution in [0, 0.1) is 11.3 Å². The van der Waals surface area contributed by atoms with Gasteiger partial charge in [-0.25, -0.2) is 4.79 Å². The molecule has 0 saturated carbocycles. The van der Waals surface area contributed by atoms with Crippen LogP contribution in [-0.4, -0.2) is 30.9 Å². The lowest BCUT2D eigenvalue weighted by Crippen LogP contribution is -2.30. The first kappa shape index (κ1) is 12.6. The van der Waals surface area contributed by atoms with Crippen LogP contribution in [-0.2, 0) is 19.1 Å².